The third kappa shape index (κ3) is 5.26. The first-order valence-corrected chi connectivity index (χ1v) is 9.49. The molecule has 1 atom stereocenters. The van der Waals surface area contributed by atoms with Gasteiger partial charge in [-0.25, -0.2) is 13.1 Å². The maximum Gasteiger partial charge on any atom is 0.214 e. The number of anilines is 1. The van der Waals surface area contributed by atoms with Crippen molar-refractivity contribution in [1.82, 2.24) is 4.72 Å². The average Bonchev–Trinajstić information content (AvgIpc) is 2.54. The summed E-state index contributed by atoms with van der Waals surface area (Å²) in [6.07, 6.45) is 3.51. The number of nitrogens with one attached hydrogen (secondary N) is 1. The van der Waals surface area contributed by atoms with Gasteiger partial charge < -0.3 is 9.64 Å². The van der Waals surface area contributed by atoms with E-state index in [4.69, 9.17) is 4.74 Å². The lowest BCUT2D eigenvalue weighted by atomic mass is 10.1. The molecule has 0 amide bonds. The highest BCUT2D eigenvalue weighted by molar-refractivity contribution is 7.89. The number of rotatable bonds is 7. The van der Waals surface area contributed by atoms with Crippen LogP contribution in [0, 0.1) is 0 Å². The van der Waals surface area contributed by atoms with E-state index in [1.165, 1.54) is 32.1 Å². The van der Waals surface area contributed by atoms with E-state index in [-0.39, 0.29) is 11.9 Å². The van der Waals surface area contributed by atoms with Crippen molar-refractivity contribution in [3.05, 3.63) is 29.8 Å². The number of hydrogen-bond donors (Lipinski definition) is 1. The van der Waals surface area contributed by atoms with Crippen LogP contribution in [0.3, 0.4) is 0 Å². The lowest BCUT2D eigenvalue weighted by Gasteiger charge is -2.28. The van der Waals surface area contributed by atoms with Crippen molar-refractivity contribution >= 4 is 15.7 Å². The number of methoxy groups -OCH3 is 1. The van der Waals surface area contributed by atoms with E-state index < -0.39 is 10.0 Å². The van der Waals surface area contributed by atoms with E-state index in [0.717, 1.165) is 18.7 Å². The van der Waals surface area contributed by atoms with Gasteiger partial charge in [0, 0.05) is 32.4 Å². The Bertz CT molecular complexity index is 551. The number of benzene rings is 1. The van der Waals surface area contributed by atoms with Crippen molar-refractivity contribution in [2.75, 3.05) is 30.9 Å². The first-order chi connectivity index (χ1) is 10.5. The van der Waals surface area contributed by atoms with Crippen LogP contribution >= 0.6 is 0 Å². The molecule has 0 saturated carbocycles. The van der Waals surface area contributed by atoms with Gasteiger partial charge in [0.25, 0.3) is 0 Å². The van der Waals surface area contributed by atoms with Crippen LogP contribution in [-0.4, -0.2) is 40.5 Å². The first kappa shape index (κ1) is 17.2. The summed E-state index contributed by atoms with van der Waals surface area (Å²) >= 11 is 0. The van der Waals surface area contributed by atoms with E-state index in [9.17, 15) is 8.42 Å². The summed E-state index contributed by atoms with van der Waals surface area (Å²) in [5.74, 6) is -0.0185. The van der Waals surface area contributed by atoms with Crippen molar-refractivity contribution in [3.8, 4) is 0 Å². The fourth-order valence-corrected chi connectivity index (χ4v) is 3.86. The Morgan fingerprint density at radius 1 is 1.18 bits per heavy atom. The highest BCUT2D eigenvalue weighted by Crippen LogP contribution is 2.20. The van der Waals surface area contributed by atoms with Gasteiger partial charge in [-0.15, -0.1) is 0 Å². The maximum absolute atomic E-state index is 11.9. The molecule has 0 aliphatic carbocycles. The molecule has 2 rings (SSSR count). The molecule has 1 heterocycles. The normalized spacial score (nSPS) is 17.5. The lowest BCUT2D eigenvalue weighted by Crippen LogP contribution is -2.31. The zero-order valence-corrected chi connectivity index (χ0v) is 14.2. The molecule has 0 aromatic heterocycles. The number of hydrogen-bond acceptors (Lipinski definition) is 4. The lowest BCUT2D eigenvalue weighted by molar-refractivity contribution is 0.136. The zero-order chi connectivity index (χ0) is 16.0. The Hall–Kier alpha value is -1.11. The molecule has 1 aliphatic heterocycles. The van der Waals surface area contributed by atoms with Crippen molar-refractivity contribution in [3.63, 3.8) is 0 Å². The molecule has 124 valence electrons. The molecule has 1 aromatic carbocycles. The smallest absolute Gasteiger partial charge is 0.214 e. The van der Waals surface area contributed by atoms with Crippen LogP contribution in [0.4, 0.5) is 5.69 Å². The second-order valence-corrected chi connectivity index (χ2v) is 7.71. The van der Waals surface area contributed by atoms with Gasteiger partial charge in [0.15, 0.2) is 0 Å². The molecular weight excluding hydrogens is 300 g/mol. The number of piperidine rings is 1. The SMILES string of the molecule is COC(C)CS(=O)(=O)NCc1ccc(N2CCCCC2)cc1. The molecule has 0 radical (unpaired) electrons. The quantitative estimate of drug-likeness (QED) is 0.834. The Labute approximate surface area is 133 Å². The first-order valence-electron chi connectivity index (χ1n) is 7.84. The van der Waals surface area contributed by atoms with Gasteiger partial charge >= 0.3 is 0 Å². The summed E-state index contributed by atoms with van der Waals surface area (Å²) in [7, 11) is -1.79. The van der Waals surface area contributed by atoms with Crippen molar-refractivity contribution in [1.29, 1.82) is 0 Å². The molecule has 6 heteroatoms. The molecule has 1 unspecified atom stereocenters. The Morgan fingerprint density at radius 2 is 1.82 bits per heavy atom. The Morgan fingerprint density at radius 3 is 2.41 bits per heavy atom. The van der Waals surface area contributed by atoms with Gasteiger partial charge in [0.1, 0.15) is 0 Å². The summed E-state index contributed by atoms with van der Waals surface area (Å²) in [6, 6.07) is 8.14. The van der Waals surface area contributed by atoms with E-state index in [0.29, 0.717) is 6.54 Å². The summed E-state index contributed by atoms with van der Waals surface area (Å²) in [6.45, 7) is 4.29. The number of nitrogens with zero attached hydrogens (tertiary/aromatic N) is 1. The average molecular weight is 326 g/mol. The van der Waals surface area contributed by atoms with Crippen LogP contribution < -0.4 is 9.62 Å². The number of sulfonamides is 1. The molecule has 1 N–H and O–H groups in total. The summed E-state index contributed by atoms with van der Waals surface area (Å²) in [5, 5.41) is 0. The van der Waals surface area contributed by atoms with Crippen molar-refractivity contribution in [2.24, 2.45) is 0 Å². The molecular formula is C16H26N2O3S. The topological polar surface area (TPSA) is 58.6 Å². The molecule has 5 nitrogen and oxygen atoms in total. The third-order valence-electron chi connectivity index (χ3n) is 4.01. The molecule has 0 bridgehead atoms. The fourth-order valence-electron chi connectivity index (χ4n) is 2.61. The molecule has 1 aliphatic rings. The van der Waals surface area contributed by atoms with Crippen LogP contribution in [0.25, 0.3) is 0 Å². The van der Waals surface area contributed by atoms with E-state index in [2.05, 4.69) is 21.8 Å². The molecule has 0 spiro atoms. The van der Waals surface area contributed by atoms with Crippen LogP contribution in [0.2, 0.25) is 0 Å². The van der Waals surface area contributed by atoms with Crippen molar-refractivity contribution in [2.45, 2.75) is 38.8 Å². The Balaban J connectivity index is 1.88. The third-order valence-corrected chi connectivity index (χ3v) is 5.50. The minimum absolute atomic E-state index is 0.0185. The zero-order valence-electron chi connectivity index (χ0n) is 13.4. The van der Waals surface area contributed by atoms with Crippen LogP contribution in [0.15, 0.2) is 24.3 Å². The van der Waals surface area contributed by atoms with Gasteiger partial charge in [-0.2, -0.15) is 0 Å². The van der Waals surface area contributed by atoms with Gasteiger partial charge in [-0.3, -0.25) is 0 Å². The van der Waals surface area contributed by atoms with Crippen LogP contribution in [0.1, 0.15) is 31.7 Å². The standard InChI is InChI=1S/C16H26N2O3S/c1-14(21-2)13-22(19,20)17-12-15-6-8-16(9-7-15)18-10-4-3-5-11-18/h6-9,14,17H,3-5,10-13H2,1-2H3. The minimum atomic E-state index is -3.31. The molecule has 22 heavy (non-hydrogen) atoms. The molecule has 1 saturated heterocycles. The summed E-state index contributed by atoms with van der Waals surface area (Å²) < 4.78 is 31.4. The van der Waals surface area contributed by atoms with Crippen LogP contribution in [0.5, 0.6) is 0 Å². The Kier molecular flexibility index (Phi) is 6.23. The predicted octanol–water partition coefficient (Wildman–Crippen LogP) is 2.13. The molecule has 1 fully saturated rings. The highest BCUT2D eigenvalue weighted by Gasteiger charge is 2.15. The highest BCUT2D eigenvalue weighted by atomic mass is 32.2. The predicted molar refractivity (Wildman–Crippen MR) is 89.6 cm³/mol. The second kappa shape index (κ2) is 7.94. The second-order valence-electron chi connectivity index (χ2n) is 5.86. The maximum atomic E-state index is 11.9. The van der Waals surface area contributed by atoms with Gasteiger partial charge in [0.05, 0.1) is 11.9 Å². The minimum Gasteiger partial charge on any atom is -0.381 e. The van der Waals surface area contributed by atoms with Gasteiger partial charge in [-0.1, -0.05) is 12.1 Å². The monoisotopic (exact) mass is 326 g/mol. The number of ether oxygens (including phenoxy) is 1. The van der Waals surface area contributed by atoms with E-state index in [1.807, 2.05) is 12.1 Å². The molecule has 1 aromatic rings. The fraction of sp³-hybridized carbons (Fsp3) is 0.625. The summed E-state index contributed by atoms with van der Waals surface area (Å²) in [4.78, 5) is 2.39. The van der Waals surface area contributed by atoms with Gasteiger partial charge in [0.2, 0.25) is 10.0 Å². The van der Waals surface area contributed by atoms with E-state index >= 15 is 0 Å². The largest absolute Gasteiger partial charge is 0.381 e. The summed E-state index contributed by atoms with van der Waals surface area (Å²) in [5.41, 5.74) is 2.19. The van der Waals surface area contributed by atoms with Gasteiger partial charge in [-0.05, 0) is 43.9 Å². The van der Waals surface area contributed by atoms with Crippen LogP contribution in [-0.2, 0) is 21.3 Å². The van der Waals surface area contributed by atoms with E-state index in [1.54, 1.807) is 6.92 Å². The van der Waals surface area contributed by atoms with Crippen molar-refractivity contribution < 1.29 is 13.2 Å².